The summed E-state index contributed by atoms with van der Waals surface area (Å²) in [4.78, 5) is 17.1. The number of aryl methyl sites for hydroxylation is 1. The standard InChI is InChI=1S/C21H19Cl2NO5/c1-11-5-6-13-14(22)10-15(23)20(19(13)24-11)29-18(25)9-12-7-16(26-2)21(28-4)17(8-12)27-3/h5-8,10H,9H2,1-4H3. The van der Waals surface area contributed by atoms with Crippen molar-refractivity contribution in [2.24, 2.45) is 0 Å². The van der Waals surface area contributed by atoms with Crippen molar-refractivity contribution in [2.75, 3.05) is 21.3 Å². The Morgan fingerprint density at radius 2 is 1.59 bits per heavy atom. The highest BCUT2D eigenvalue weighted by atomic mass is 35.5. The predicted molar refractivity (Wildman–Crippen MR) is 112 cm³/mol. The van der Waals surface area contributed by atoms with Crippen molar-refractivity contribution in [3.05, 3.63) is 51.6 Å². The number of methoxy groups -OCH3 is 3. The summed E-state index contributed by atoms with van der Waals surface area (Å²) in [6.07, 6.45) is -0.0387. The Kier molecular flexibility index (Phi) is 6.35. The van der Waals surface area contributed by atoms with Gasteiger partial charge in [-0.25, -0.2) is 4.98 Å². The molecular weight excluding hydrogens is 417 g/mol. The van der Waals surface area contributed by atoms with Gasteiger partial charge in [-0.2, -0.15) is 0 Å². The lowest BCUT2D eigenvalue weighted by molar-refractivity contribution is -0.133. The summed E-state index contributed by atoms with van der Waals surface area (Å²) in [5.41, 5.74) is 1.81. The maximum absolute atomic E-state index is 12.6. The van der Waals surface area contributed by atoms with Crippen molar-refractivity contribution in [2.45, 2.75) is 13.3 Å². The molecule has 6 nitrogen and oxygen atoms in total. The summed E-state index contributed by atoms with van der Waals surface area (Å²) in [6.45, 7) is 1.83. The molecule has 0 spiro atoms. The zero-order valence-corrected chi connectivity index (χ0v) is 17.9. The van der Waals surface area contributed by atoms with Crippen LogP contribution in [0.4, 0.5) is 0 Å². The Labute approximate surface area is 178 Å². The van der Waals surface area contributed by atoms with E-state index in [1.165, 1.54) is 27.4 Å². The van der Waals surface area contributed by atoms with Gasteiger partial charge >= 0.3 is 5.97 Å². The van der Waals surface area contributed by atoms with Crippen LogP contribution in [0.5, 0.6) is 23.0 Å². The molecule has 152 valence electrons. The third-order valence-electron chi connectivity index (χ3n) is 4.27. The third-order valence-corrected chi connectivity index (χ3v) is 4.86. The van der Waals surface area contributed by atoms with Gasteiger partial charge in [0.15, 0.2) is 17.2 Å². The first-order valence-electron chi connectivity index (χ1n) is 8.62. The average Bonchev–Trinajstić information content (AvgIpc) is 2.70. The monoisotopic (exact) mass is 435 g/mol. The number of esters is 1. The largest absolute Gasteiger partial charge is 0.493 e. The Morgan fingerprint density at radius 3 is 2.17 bits per heavy atom. The highest BCUT2D eigenvalue weighted by Crippen LogP contribution is 2.39. The summed E-state index contributed by atoms with van der Waals surface area (Å²) in [5, 5.41) is 1.29. The molecule has 0 aliphatic rings. The van der Waals surface area contributed by atoms with Crippen molar-refractivity contribution in [3.63, 3.8) is 0 Å². The number of halogens is 2. The number of benzene rings is 2. The summed E-state index contributed by atoms with van der Waals surface area (Å²) in [6, 6.07) is 8.54. The van der Waals surface area contributed by atoms with Crippen molar-refractivity contribution in [1.29, 1.82) is 0 Å². The lowest BCUT2D eigenvalue weighted by Crippen LogP contribution is -2.12. The molecule has 8 heteroatoms. The van der Waals surface area contributed by atoms with Crippen molar-refractivity contribution in [1.82, 2.24) is 4.98 Å². The lowest BCUT2D eigenvalue weighted by atomic mass is 10.1. The van der Waals surface area contributed by atoms with Gasteiger partial charge in [0.25, 0.3) is 0 Å². The first-order valence-corrected chi connectivity index (χ1v) is 9.38. The molecule has 0 radical (unpaired) electrons. The number of carbonyl (C=O) groups excluding carboxylic acids is 1. The topological polar surface area (TPSA) is 66.9 Å². The molecule has 29 heavy (non-hydrogen) atoms. The molecule has 0 saturated carbocycles. The fraction of sp³-hybridized carbons (Fsp3) is 0.238. The van der Waals surface area contributed by atoms with E-state index >= 15 is 0 Å². The van der Waals surface area contributed by atoms with E-state index in [1.807, 2.05) is 19.1 Å². The van der Waals surface area contributed by atoms with Gasteiger partial charge in [-0.15, -0.1) is 0 Å². The normalized spacial score (nSPS) is 10.7. The van der Waals surface area contributed by atoms with Gasteiger partial charge in [0.1, 0.15) is 5.52 Å². The second-order valence-corrected chi connectivity index (χ2v) is 7.02. The number of fused-ring (bicyclic) bond motifs is 1. The van der Waals surface area contributed by atoms with Gasteiger partial charge in [0, 0.05) is 11.1 Å². The molecule has 0 aliphatic heterocycles. The Morgan fingerprint density at radius 1 is 0.931 bits per heavy atom. The molecule has 2 aromatic carbocycles. The molecular formula is C21H19Cl2NO5. The molecule has 0 saturated heterocycles. The molecule has 3 rings (SSSR count). The molecule has 0 atom stereocenters. The molecule has 0 amide bonds. The van der Waals surface area contributed by atoms with Crippen LogP contribution in [-0.2, 0) is 11.2 Å². The van der Waals surface area contributed by atoms with Crippen LogP contribution in [0.15, 0.2) is 30.3 Å². The first kappa shape index (κ1) is 21.0. The number of carbonyl (C=O) groups is 1. The van der Waals surface area contributed by atoms with Crippen LogP contribution in [0, 0.1) is 6.92 Å². The van der Waals surface area contributed by atoms with Gasteiger partial charge in [-0.1, -0.05) is 23.2 Å². The van der Waals surface area contributed by atoms with E-state index in [4.69, 9.17) is 42.1 Å². The van der Waals surface area contributed by atoms with Gasteiger partial charge in [-0.05, 0) is 42.8 Å². The van der Waals surface area contributed by atoms with Crippen LogP contribution in [0.1, 0.15) is 11.3 Å². The van der Waals surface area contributed by atoms with E-state index in [0.717, 1.165) is 5.69 Å². The Hall–Kier alpha value is -2.70. The Bertz CT molecular complexity index is 1060. The minimum atomic E-state index is -0.520. The first-order chi connectivity index (χ1) is 13.9. The smallest absolute Gasteiger partial charge is 0.315 e. The van der Waals surface area contributed by atoms with Crippen molar-refractivity contribution < 1.29 is 23.7 Å². The molecule has 0 unspecified atom stereocenters. The zero-order chi connectivity index (χ0) is 21.1. The van der Waals surface area contributed by atoms with Gasteiger partial charge in [0.2, 0.25) is 5.75 Å². The quantitative estimate of drug-likeness (QED) is 0.399. The molecule has 0 N–H and O–H groups in total. The highest BCUT2D eigenvalue weighted by Gasteiger charge is 2.19. The lowest BCUT2D eigenvalue weighted by Gasteiger charge is -2.14. The number of hydrogen-bond acceptors (Lipinski definition) is 6. The average molecular weight is 436 g/mol. The number of ether oxygens (including phenoxy) is 4. The fourth-order valence-corrected chi connectivity index (χ4v) is 3.50. The number of aromatic nitrogens is 1. The van der Waals surface area contributed by atoms with Crippen LogP contribution < -0.4 is 18.9 Å². The van der Waals surface area contributed by atoms with E-state index in [-0.39, 0.29) is 17.2 Å². The SMILES string of the molecule is COc1cc(CC(=O)Oc2c(Cl)cc(Cl)c3ccc(C)nc23)cc(OC)c1OC. The van der Waals surface area contributed by atoms with E-state index < -0.39 is 5.97 Å². The van der Waals surface area contributed by atoms with E-state index in [2.05, 4.69) is 4.98 Å². The number of rotatable bonds is 6. The Balaban J connectivity index is 1.93. The molecule has 1 heterocycles. The van der Waals surface area contributed by atoms with E-state index in [1.54, 1.807) is 12.1 Å². The second-order valence-electron chi connectivity index (χ2n) is 6.20. The molecule has 0 aliphatic carbocycles. The van der Waals surface area contributed by atoms with Crippen LogP contribution in [0.3, 0.4) is 0 Å². The van der Waals surface area contributed by atoms with E-state index in [0.29, 0.717) is 38.7 Å². The number of pyridine rings is 1. The summed E-state index contributed by atoms with van der Waals surface area (Å²) < 4.78 is 21.5. The van der Waals surface area contributed by atoms with Crippen LogP contribution in [0.25, 0.3) is 10.9 Å². The third kappa shape index (κ3) is 4.33. The van der Waals surface area contributed by atoms with Crippen molar-refractivity contribution in [3.8, 4) is 23.0 Å². The highest BCUT2D eigenvalue weighted by molar-refractivity contribution is 6.39. The van der Waals surface area contributed by atoms with Crippen molar-refractivity contribution >= 4 is 40.1 Å². The van der Waals surface area contributed by atoms with Gasteiger partial charge < -0.3 is 18.9 Å². The predicted octanol–water partition coefficient (Wildman–Crippen LogP) is 5.02. The fourth-order valence-electron chi connectivity index (χ4n) is 2.94. The van der Waals surface area contributed by atoms with E-state index in [9.17, 15) is 4.79 Å². The molecule has 0 fully saturated rings. The second kappa shape index (κ2) is 8.76. The summed E-state index contributed by atoms with van der Waals surface area (Å²) in [5.74, 6) is 0.989. The van der Waals surface area contributed by atoms with Crippen LogP contribution in [-0.4, -0.2) is 32.3 Å². The molecule has 0 bridgehead atoms. The number of hydrogen-bond donors (Lipinski definition) is 0. The van der Waals surface area contributed by atoms with Gasteiger partial charge in [0.05, 0.1) is 37.8 Å². The molecule has 3 aromatic rings. The minimum Gasteiger partial charge on any atom is -0.493 e. The van der Waals surface area contributed by atoms with Gasteiger partial charge in [-0.3, -0.25) is 4.79 Å². The zero-order valence-electron chi connectivity index (χ0n) is 16.3. The summed E-state index contributed by atoms with van der Waals surface area (Å²) in [7, 11) is 4.52. The van der Waals surface area contributed by atoms with Crippen LogP contribution >= 0.6 is 23.2 Å². The number of nitrogens with zero attached hydrogens (tertiary/aromatic N) is 1. The minimum absolute atomic E-state index is 0.0387. The summed E-state index contributed by atoms with van der Waals surface area (Å²) >= 11 is 12.5. The maximum atomic E-state index is 12.6. The van der Waals surface area contributed by atoms with Crippen LogP contribution in [0.2, 0.25) is 10.0 Å². The maximum Gasteiger partial charge on any atom is 0.315 e. The molecule has 1 aromatic heterocycles.